The Morgan fingerprint density at radius 1 is 1.07 bits per heavy atom. The summed E-state index contributed by atoms with van der Waals surface area (Å²) in [5.41, 5.74) is -2.28. The number of nitrogens with zero attached hydrogens (tertiary/aromatic N) is 3. The maximum atomic E-state index is 14.2. The Hall–Kier alpha value is -1.14. The minimum absolute atomic E-state index is 0.0713. The van der Waals surface area contributed by atoms with E-state index in [4.69, 9.17) is 18.9 Å². The van der Waals surface area contributed by atoms with E-state index in [-0.39, 0.29) is 36.5 Å². The molecule has 1 N–H and O–H groups in total. The molecule has 10 heteroatoms. The van der Waals surface area contributed by atoms with Gasteiger partial charge in [-0.2, -0.15) is 0 Å². The van der Waals surface area contributed by atoms with Gasteiger partial charge in [-0.25, -0.2) is 0 Å². The van der Waals surface area contributed by atoms with Crippen LogP contribution in [0.25, 0.3) is 0 Å². The number of hydrogen-bond acceptors (Lipinski definition) is 10. The second-order valence-electron chi connectivity index (χ2n) is 15.3. The summed E-state index contributed by atoms with van der Waals surface area (Å²) in [5.74, 6) is -0.0786. The fourth-order valence-electron chi connectivity index (χ4n) is 7.73. The molecule has 43 heavy (non-hydrogen) atoms. The molecule has 4 fully saturated rings. The first-order valence-electron chi connectivity index (χ1n) is 16.4. The van der Waals surface area contributed by atoms with Crippen molar-refractivity contribution in [2.24, 2.45) is 29.1 Å². The molecule has 0 aromatic carbocycles. The summed E-state index contributed by atoms with van der Waals surface area (Å²) < 4.78 is 25.0. The standard InChI is InChI=1S/C33H59N3O7/c1-20-14-33(6,40-10)29(43-30-27(37)25(34(7)8)13-21(2)42-30)22(3)28(38)32(4,5)31(39)41-19-26(35(9)15-20)24-17-36(18-24)16-23-11-12-23/h20-27,29-30,37H,11-19H2,1-10H3/t20-,21-,22+,25+,26+,27-,29-,30+,33-/m1/s1. The Labute approximate surface area is 259 Å². The van der Waals surface area contributed by atoms with Crippen LogP contribution in [-0.4, -0.2) is 135 Å². The van der Waals surface area contributed by atoms with Crippen LogP contribution in [0.2, 0.25) is 0 Å². The first-order valence-corrected chi connectivity index (χ1v) is 16.4. The van der Waals surface area contributed by atoms with Gasteiger partial charge in [0, 0.05) is 57.2 Å². The molecular weight excluding hydrogens is 550 g/mol. The summed E-state index contributed by atoms with van der Waals surface area (Å²) in [6, 6.07) is -0.0898. The van der Waals surface area contributed by atoms with E-state index in [1.165, 1.54) is 19.4 Å². The monoisotopic (exact) mass is 609 g/mol. The van der Waals surface area contributed by atoms with Gasteiger partial charge in [0.15, 0.2) is 12.1 Å². The second kappa shape index (κ2) is 13.7. The highest BCUT2D eigenvalue weighted by Gasteiger charge is 2.52. The lowest BCUT2D eigenvalue weighted by atomic mass is 9.74. The molecule has 3 heterocycles. The number of methoxy groups -OCH3 is 1. The van der Waals surface area contributed by atoms with E-state index in [2.05, 4.69) is 23.8 Å². The first-order chi connectivity index (χ1) is 20.1. The third-order valence-corrected chi connectivity index (χ3v) is 10.7. The molecule has 0 unspecified atom stereocenters. The Balaban J connectivity index is 1.61. The predicted molar refractivity (Wildman–Crippen MR) is 164 cm³/mol. The number of hydrogen-bond donors (Lipinski definition) is 1. The van der Waals surface area contributed by atoms with Crippen molar-refractivity contribution in [2.45, 2.75) is 110 Å². The molecule has 1 aliphatic carbocycles. The highest BCUT2D eigenvalue weighted by atomic mass is 16.7. The van der Waals surface area contributed by atoms with E-state index in [9.17, 15) is 14.7 Å². The summed E-state index contributed by atoms with van der Waals surface area (Å²) in [7, 11) is 7.63. The molecule has 0 spiro atoms. The molecular formula is C33H59N3O7. The summed E-state index contributed by atoms with van der Waals surface area (Å²) in [6.45, 7) is 15.5. The summed E-state index contributed by atoms with van der Waals surface area (Å²) in [4.78, 5) is 34.6. The molecule has 3 saturated heterocycles. The van der Waals surface area contributed by atoms with Crippen molar-refractivity contribution in [2.75, 3.05) is 61.0 Å². The minimum atomic E-state index is -1.39. The highest BCUT2D eigenvalue weighted by Crippen LogP contribution is 2.39. The third kappa shape index (κ3) is 7.81. The van der Waals surface area contributed by atoms with Crippen LogP contribution in [0, 0.1) is 29.1 Å². The van der Waals surface area contributed by atoms with Gasteiger partial charge < -0.3 is 33.9 Å². The van der Waals surface area contributed by atoms with Gasteiger partial charge in [0.2, 0.25) is 0 Å². The highest BCUT2D eigenvalue weighted by molar-refractivity contribution is 6.04. The number of aliphatic hydroxyl groups is 1. The van der Waals surface area contributed by atoms with E-state index in [0.29, 0.717) is 18.8 Å². The van der Waals surface area contributed by atoms with E-state index in [1.54, 1.807) is 27.9 Å². The number of esters is 1. The zero-order valence-corrected chi connectivity index (χ0v) is 28.4. The van der Waals surface area contributed by atoms with Crippen molar-refractivity contribution < 1.29 is 33.6 Å². The lowest BCUT2D eigenvalue weighted by Crippen LogP contribution is -2.59. The van der Waals surface area contributed by atoms with Gasteiger partial charge in [-0.3, -0.25) is 14.5 Å². The van der Waals surface area contributed by atoms with Crippen LogP contribution in [0.4, 0.5) is 0 Å². The van der Waals surface area contributed by atoms with E-state index in [1.807, 2.05) is 32.8 Å². The SMILES string of the molecule is CO[C@]1(C)C[C@@H](C)CN(C)[C@H](C2CN(CC3CC3)C2)COC(=O)C(C)(C)C(=O)[C@H](C)[C@H]1O[C@@H]1O[C@H](C)C[C@H](N(C)C)[C@H]1O. The normalized spacial score (nSPS) is 41.2. The number of ketones is 1. The molecule has 248 valence electrons. The molecule has 0 aromatic rings. The second-order valence-corrected chi connectivity index (χ2v) is 15.3. The zero-order valence-electron chi connectivity index (χ0n) is 28.4. The molecule has 0 aromatic heterocycles. The molecule has 0 amide bonds. The summed E-state index contributed by atoms with van der Waals surface area (Å²) in [6.07, 6.45) is 1.18. The molecule has 1 saturated carbocycles. The Morgan fingerprint density at radius 3 is 2.30 bits per heavy atom. The Bertz CT molecular complexity index is 968. The molecule has 0 bridgehead atoms. The van der Waals surface area contributed by atoms with Crippen LogP contribution >= 0.6 is 0 Å². The third-order valence-electron chi connectivity index (χ3n) is 10.7. The molecule has 4 aliphatic rings. The van der Waals surface area contributed by atoms with Gasteiger partial charge in [-0.1, -0.05) is 13.8 Å². The molecule has 10 nitrogen and oxygen atoms in total. The van der Waals surface area contributed by atoms with E-state index >= 15 is 0 Å². The molecule has 9 atom stereocenters. The Morgan fingerprint density at radius 2 is 1.72 bits per heavy atom. The summed E-state index contributed by atoms with van der Waals surface area (Å²) >= 11 is 0. The van der Waals surface area contributed by atoms with Crippen molar-refractivity contribution in [3.63, 3.8) is 0 Å². The van der Waals surface area contributed by atoms with Gasteiger partial charge in [0.1, 0.15) is 18.1 Å². The fraction of sp³-hybridized carbons (Fsp3) is 0.939. The van der Waals surface area contributed by atoms with Gasteiger partial charge in [-0.05, 0) is 86.4 Å². The minimum Gasteiger partial charge on any atom is -0.463 e. The number of ether oxygens (including phenoxy) is 4. The van der Waals surface area contributed by atoms with Gasteiger partial charge in [-0.15, -0.1) is 0 Å². The van der Waals surface area contributed by atoms with Crippen molar-refractivity contribution in [3.05, 3.63) is 0 Å². The molecule has 0 radical (unpaired) electrons. The maximum Gasteiger partial charge on any atom is 0.319 e. The quantitative estimate of drug-likeness (QED) is 0.343. The number of likely N-dealkylation sites (tertiary alicyclic amines) is 1. The first kappa shape index (κ1) is 34.7. The fourth-order valence-corrected chi connectivity index (χ4v) is 7.73. The van der Waals surface area contributed by atoms with Crippen LogP contribution in [0.15, 0.2) is 0 Å². The summed E-state index contributed by atoms with van der Waals surface area (Å²) in [5, 5.41) is 11.3. The number of cyclic esters (lactones) is 1. The van der Waals surface area contributed by atoms with Gasteiger partial charge >= 0.3 is 5.97 Å². The van der Waals surface area contributed by atoms with Crippen molar-refractivity contribution in [3.8, 4) is 0 Å². The van der Waals surface area contributed by atoms with Crippen molar-refractivity contribution in [1.29, 1.82) is 0 Å². The lowest BCUT2D eigenvalue weighted by molar-refractivity contribution is -0.295. The number of carbonyl (C=O) groups is 2. The average Bonchev–Trinajstić information content (AvgIpc) is 3.74. The average molecular weight is 610 g/mol. The van der Waals surface area contributed by atoms with E-state index < -0.39 is 41.4 Å². The van der Waals surface area contributed by atoms with Gasteiger partial charge in [0.05, 0.1) is 17.8 Å². The molecule has 3 aliphatic heterocycles. The number of carbonyl (C=O) groups excluding carboxylic acids is 2. The number of Topliss-reactive ketones (excluding diaryl/α,β-unsaturated/α-hetero) is 1. The van der Waals surface area contributed by atoms with Gasteiger partial charge in [0.25, 0.3) is 0 Å². The van der Waals surface area contributed by atoms with Crippen LogP contribution in [-0.2, 0) is 28.5 Å². The Kier molecular flexibility index (Phi) is 11.1. The maximum absolute atomic E-state index is 14.2. The van der Waals surface area contributed by atoms with Crippen LogP contribution in [0.5, 0.6) is 0 Å². The van der Waals surface area contributed by atoms with Crippen molar-refractivity contribution >= 4 is 11.8 Å². The van der Waals surface area contributed by atoms with E-state index in [0.717, 1.165) is 25.6 Å². The zero-order chi connectivity index (χ0) is 31.9. The largest absolute Gasteiger partial charge is 0.463 e. The van der Waals surface area contributed by atoms with Crippen LogP contribution in [0.3, 0.4) is 0 Å². The predicted octanol–water partition coefficient (Wildman–Crippen LogP) is 2.66. The van der Waals surface area contributed by atoms with Crippen LogP contribution in [0.1, 0.15) is 67.2 Å². The molecule has 4 rings (SSSR count). The topological polar surface area (TPSA) is 101 Å². The smallest absolute Gasteiger partial charge is 0.319 e. The van der Waals surface area contributed by atoms with Crippen LogP contribution < -0.4 is 0 Å². The lowest BCUT2D eigenvalue weighted by Gasteiger charge is -2.47. The number of aliphatic hydroxyl groups excluding tert-OH is 1. The number of rotatable bonds is 7. The number of likely N-dealkylation sites (N-methyl/N-ethyl adjacent to an activating group) is 2. The van der Waals surface area contributed by atoms with Crippen molar-refractivity contribution in [1.82, 2.24) is 14.7 Å².